The number of sulfonamides is 1. The van der Waals surface area contributed by atoms with Crippen LogP contribution in [0.25, 0.3) is 0 Å². The third-order valence-electron chi connectivity index (χ3n) is 6.60. The van der Waals surface area contributed by atoms with Crippen LogP contribution in [-0.4, -0.2) is 33.3 Å². The molecule has 1 aliphatic heterocycles. The van der Waals surface area contributed by atoms with E-state index in [0.717, 1.165) is 11.1 Å². The molecule has 1 aliphatic rings. The minimum atomic E-state index is -3.91. The summed E-state index contributed by atoms with van der Waals surface area (Å²) < 4.78 is 39.9. The predicted octanol–water partition coefficient (Wildman–Crippen LogP) is 5.97. The number of benzene rings is 4. The van der Waals surface area contributed by atoms with Gasteiger partial charge in [-0.1, -0.05) is 48.0 Å². The number of aryl methyl sites for hydroxylation is 1. The molecule has 41 heavy (non-hydrogen) atoms. The number of fused-ring (bicyclic) bond motifs is 1. The molecule has 4 aromatic rings. The standard InChI is InChI=1S/C31H28ClN3O5S/c1-21-8-14-26(32)19-28(21)35(41(37,38)27-6-4-3-5-7-27)20-23-9-11-24(12-10-23)31(36)34-33-22(2)25-13-15-29-30(18-25)40-17-16-39-29/h3-15,18-19H,16-17,20H2,1-2H3,(H,34,36). The third kappa shape index (κ3) is 6.37. The number of hydrazone groups is 1. The highest BCUT2D eigenvalue weighted by Gasteiger charge is 2.26. The maximum Gasteiger partial charge on any atom is 0.271 e. The summed E-state index contributed by atoms with van der Waals surface area (Å²) >= 11 is 6.25. The fourth-order valence-corrected chi connectivity index (χ4v) is 6.03. The minimum absolute atomic E-state index is 0.0433. The Morgan fingerprint density at radius 3 is 2.32 bits per heavy atom. The van der Waals surface area contributed by atoms with Gasteiger partial charge in [-0.25, -0.2) is 13.8 Å². The molecular formula is C31H28ClN3O5S. The number of ether oxygens (including phenoxy) is 2. The van der Waals surface area contributed by atoms with Gasteiger partial charge in [0.15, 0.2) is 11.5 Å². The van der Waals surface area contributed by atoms with Crippen molar-refractivity contribution in [3.8, 4) is 11.5 Å². The topological polar surface area (TPSA) is 97.3 Å². The summed E-state index contributed by atoms with van der Waals surface area (Å²) in [5, 5.41) is 4.66. The van der Waals surface area contributed by atoms with E-state index in [-0.39, 0.29) is 11.4 Å². The summed E-state index contributed by atoms with van der Waals surface area (Å²) in [7, 11) is -3.91. The zero-order chi connectivity index (χ0) is 29.0. The van der Waals surface area contributed by atoms with Gasteiger partial charge in [0.2, 0.25) is 0 Å². The van der Waals surface area contributed by atoms with Gasteiger partial charge < -0.3 is 9.47 Å². The average Bonchev–Trinajstić information content (AvgIpc) is 3.00. The van der Waals surface area contributed by atoms with Gasteiger partial charge in [-0.3, -0.25) is 9.10 Å². The Hall–Kier alpha value is -4.34. The Kier molecular flexibility index (Phi) is 8.28. The predicted molar refractivity (Wildman–Crippen MR) is 160 cm³/mol. The Balaban J connectivity index is 1.34. The van der Waals surface area contributed by atoms with E-state index in [9.17, 15) is 13.2 Å². The molecule has 210 valence electrons. The quantitative estimate of drug-likeness (QED) is 0.202. The van der Waals surface area contributed by atoms with Gasteiger partial charge in [-0.05, 0) is 79.6 Å². The highest BCUT2D eigenvalue weighted by molar-refractivity contribution is 7.92. The molecule has 0 aromatic heterocycles. The Morgan fingerprint density at radius 1 is 0.902 bits per heavy atom. The van der Waals surface area contributed by atoms with Gasteiger partial charge >= 0.3 is 0 Å². The molecule has 1 heterocycles. The zero-order valence-corrected chi connectivity index (χ0v) is 24.1. The van der Waals surface area contributed by atoms with Crippen LogP contribution in [0.2, 0.25) is 5.02 Å². The van der Waals surface area contributed by atoms with E-state index in [2.05, 4.69) is 10.5 Å². The molecule has 0 saturated heterocycles. The van der Waals surface area contributed by atoms with Gasteiger partial charge in [0.25, 0.3) is 15.9 Å². The highest BCUT2D eigenvalue weighted by atomic mass is 35.5. The molecule has 10 heteroatoms. The van der Waals surface area contributed by atoms with Crippen LogP contribution >= 0.6 is 11.6 Å². The number of nitrogens with one attached hydrogen (secondary N) is 1. The summed E-state index contributed by atoms with van der Waals surface area (Å²) in [5.74, 6) is 0.923. The van der Waals surface area contributed by atoms with E-state index in [4.69, 9.17) is 21.1 Å². The molecule has 0 saturated carbocycles. The smallest absolute Gasteiger partial charge is 0.271 e. The number of rotatable bonds is 8. The molecule has 0 atom stereocenters. The number of carbonyl (C=O) groups excluding carboxylic acids is 1. The number of halogens is 1. The second kappa shape index (κ2) is 12.0. The van der Waals surface area contributed by atoms with Crippen LogP contribution in [0.5, 0.6) is 11.5 Å². The lowest BCUT2D eigenvalue weighted by Gasteiger charge is -2.26. The van der Waals surface area contributed by atoms with Gasteiger partial charge in [0.1, 0.15) is 13.2 Å². The van der Waals surface area contributed by atoms with E-state index >= 15 is 0 Å². The first-order chi connectivity index (χ1) is 19.7. The van der Waals surface area contributed by atoms with Gasteiger partial charge in [-0.15, -0.1) is 0 Å². The van der Waals surface area contributed by atoms with Gasteiger partial charge in [-0.2, -0.15) is 5.10 Å². The molecule has 5 rings (SSSR count). The van der Waals surface area contributed by atoms with E-state index in [0.29, 0.717) is 52.3 Å². The van der Waals surface area contributed by atoms with Crippen LogP contribution in [0.15, 0.2) is 101 Å². The first kappa shape index (κ1) is 28.2. The molecule has 1 N–H and O–H groups in total. The lowest BCUT2D eigenvalue weighted by atomic mass is 10.1. The maximum atomic E-state index is 13.7. The number of anilines is 1. The first-order valence-electron chi connectivity index (χ1n) is 12.9. The summed E-state index contributed by atoms with van der Waals surface area (Å²) in [6.45, 7) is 4.65. The van der Waals surface area contributed by atoms with E-state index < -0.39 is 15.9 Å². The van der Waals surface area contributed by atoms with Crippen LogP contribution in [0.3, 0.4) is 0 Å². The van der Waals surface area contributed by atoms with Crippen molar-refractivity contribution in [1.29, 1.82) is 0 Å². The van der Waals surface area contributed by atoms with Gasteiger partial charge in [0.05, 0.1) is 22.8 Å². The lowest BCUT2D eigenvalue weighted by molar-refractivity contribution is 0.0955. The van der Waals surface area contributed by atoms with E-state index in [1.165, 1.54) is 4.31 Å². The van der Waals surface area contributed by atoms with Crippen molar-refractivity contribution in [1.82, 2.24) is 5.43 Å². The molecule has 0 bridgehead atoms. The molecule has 0 fully saturated rings. The Labute approximate surface area is 244 Å². The Morgan fingerprint density at radius 2 is 1.59 bits per heavy atom. The van der Waals surface area contributed by atoms with E-state index in [1.807, 2.05) is 25.1 Å². The fourth-order valence-electron chi connectivity index (χ4n) is 4.33. The zero-order valence-electron chi connectivity index (χ0n) is 22.5. The largest absolute Gasteiger partial charge is 0.486 e. The van der Waals surface area contributed by atoms with Crippen LogP contribution in [0.4, 0.5) is 5.69 Å². The summed E-state index contributed by atoms with van der Waals surface area (Å²) in [5.41, 5.74) is 6.28. The first-order valence-corrected chi connectivity index (χ1v) is 14.7. The number of hydrogen-bond acceptors (Lipinski definition) is 6. The van der Waals surface area contributed by atoms with Crippen LogP contribution < -0.4 is 19.2 Å². The second-order valence-corrected chi connectivity index (χ2v) is 11.7. The average molecular weight is 590 g/mol. The number of hydrogen-bond donors (Lipinski definition) is 1. The lowest BCUT2D eigenvalue weighted by Crippen LogP contribution is -2.31. The molecule has 0 radical (unpaired) electrons. The molecule has 0 spiro atoms. The van der Waals surface area contributed by atoms with Crippen molar-refractivity contribution in [3.05, 3.63) is 118 Å². The van der Waals surface area contributed by atoms with E-state index in [1.54, 1.807) is 79.7 Å². The normalized spacial score (nSPS) is 13.0. The van der Waals surface area contributed by atoms with Crippen molar-refractivity contribution in [2.24, 2.45) is 5.10 Å². The van der Waals surface area contributed by atoms with Crippen molar-refractivity contribution in [2.45, 2.75) is 25.3 Å². The second-order valence-electron chi connectivity index (χ2n) is 9.45. The number of carbonyl (C=O) groups is 1. The molecule has 1 amide bonds. The summed E-state index contributed by atoms with van der Waals surface area (Å²) in [6.07, 6.45) is 0. The Bertz CT molecular complexity index is 1710. The molecular weight excluding hydrogens is 562 g/mol. The van der Waals surface area contributed by atoms with Crippen LogP contribution in [0.1, 0.15) is 34.0 Å². The molecule has 8 nitrogen and oxygen atoms in total. The highest BCUT2D eigenvalue weighted by Crippen LogP contribution is 2.32. The van der Waals surface area contributed by atoms with Crippen LogP contribution in [0, 0.1) is 6.92 Å². The van der Waals surface area contributed by atoms with Crippen LogP contribution in [-0.2, 0) is 16.6 Å². The maximum absolute atomic E-state index is 13.7. The molecule has 0 aliphatic carbocycles. The third-order valence-corrected chi connectivity index (χ3v) is 8.61. The number of nitrogens with zero attached hydrogens (tertiary/aromatic N) is 2. The fraction of sp³-hybridized carbons (Fsp3) is 0.161. The minimum Gasteiger partial charge on any atom is -0.486 e. The monoisotopic (exact) mass is 589 g/mol. The molecule has 0 unspecified atom stereocenters. The molecule has 4 aromatic carbocycles. The van der Waals surface area contributed by atoms with Crippen molar-refractivity contribution in [2.75, 3.05) is 17.5 Å². The van der Waals surface area contributed by atoms with Crippen molar-refractivity contribution in [3.63, 3.8) is 0 Å². The van der Waals surface area contributed by atoms with Crippen molar-refractivity contribution >= 4 is 38.9 Å². The van der Waals surface area contributed by atoms with Crippen molar-refractivity contribution < 1.29 is 22.7 Å². The van der Waals surface area contributed by atoms with Gasteiger partial charge in [0, 0.05) is 16.1 Å². The number of amides is 1. The summed E-state index contributed by atoms with van der Waals surface area (Å²) in [4.78, 5) is 13.0. The summed E-state index contributed by atoms with van der Waals surface area (Å²) in [6, 6.07) is 25.6. The SMILES string of the molecule is CC(=NNC(=O)c1ccc(CN(c2cc(Cl)ccc2C)S(=O)(=O)c2ccccc2)cc1)c1ccc2c(c1)OCCO2.